The molecule has 3 nitrogen and oxygen atoms in total. The van der Waals surface area contributed by atoms with E-state index in [1.54, 1.807) is 0 Å². The lowest BCUT2D eigenvalue weighted by molar-refractivity contribution is 1.06. The maximum absolute atomic E-state index is 5.92. The van der Waals surface area contributed by atoms with E-state index in [2.05, 4.69) is 81.7 Å². The van der Waals surface area contributed by atoms with Crippen LogP contribution in [0.2, 0.25) is 10.6 Å². The van der Waals surface area contributed by atoms with Crippen molar-refractivity contribution in [2.45, 2.75) is 0 Å². The minimum Gasteiger partial charge on any atom is -0.198 e. The van der Waals surface area contributed by atoms with Crippen LogP contribution in [0.25, 0.3) is 54.8 Å². The molecular formula is C25H13Cl2N3. The number of hydrogen-bond donors (Lipinski definition) is 0. The van der Waals surface area contributed by atoms with Gasteiger partial charge < -0.3 is 0 Å². The third-order valence-corrected chi connectivity index (χ3v) is 5.90. The van der Waals surface area contributed by atoms with Gasteiger partial charge in [0.25, 0.3) is 0 Å². The molecule has 0 bridgehead atoms. The summed E-state index contributed by atoms with van der Waals surface area (Å²) in [7, 11) is 0. The van der Waals surface area contributed by atoms with Crippen LogP contribution in [-0.2, 0) is 0 Å². The fraction of sp³-hybridized carbons (Fsp3) is 0. The molecule has 0 amide bonds. The Balaban J connectivity index is 1.54. The summed E-state index contributed by atoms with van der Waals surface area (Å²) < 4.78 is 0. The highest BCUT2D eigenvalue weighted by molar-refractivity contribution is 6.31. The Labute approximate surface area is 182 Å². The molecule has 5 heteroatoms. The van der Waals surface area contributed by atoms with Crippen LogP contribution in [0.5, 0.6) is 0 Å². The van der Waals surface area contributed by atoms with E-state index in [-0.39, 0.29) is 10.6 Å². The quantitative estimate of drug-likeness (QED) is 0.271. The van der Waals surface area contributed by atoms with Gasteiger partial charge in [-0.1, -0.05) is 78.9 Å². The zero-order chi connectivity index (χ0) is 20.2. The predicted molar refractivity (Wildman–Crippen MR) is 124 cm³/mol. The van der Waals surface area contributed by atoms with Crippen LogP contribution in [0.3, 0.4) is 0 Å². The molecule has 1 heterocycles. The zero-order valence-electron chi connectivity index (χ0n) is 15.6. The van der Waals surface area contributed by atoms with E-state index in [1.807, 2.05) is 12.1 Å². The van der Waals surface area contributed by atoms with Crippen molar-refractivity contribution in [2.75, 3.05) is 0 Å². The molecule has 0 spiro atoms. The summed E-state index contributed by atoms with van der Waals surface area (Å²) in [6, 6.07) is 27.8. The van der Waals surface area contributed by atoms with Crippen molar-refractivity contribution in [1.29, 1.82) is 0 Å². The Bertz CT molecular complexity index is 1520. The monoisotopic (exact) mass is 425 g/mol. The molecule has 0 N–H and O–H groups in total. The van der Waals surface area contributed by atoms with Gasteiger partial charge in [0, 0.05) is 5.56 Å². The SMILES string of the molecule is Clc1nc(Cl)nc(-c2ccc(-c3ccc4ccc5cccc6ccc3c4c56)cc2)n1. The summed E-state index contributed by atoms with van der Waals surface area (Å²) in [6.07, 6.45) is 0. The Hall–Kier alpha value is -3.27. The third kappa shape index (κ3) is 2.71. The van der Waals surface area contributed by atoms with Crippen molar-refractivity contribution in [3.05, 3.63) is 89.4 Å². The van der Waals surface area contributed by atoms with E-state index in [0.717, 1.165) is 11.1 Å². The number of halogens is 2. The molecule has 0 atom stereocenters. The first-order valence-electron chi connectivity index (χ1n) is 9.52. The van der Waals surface area contributed by atoms with Crippen molar-refractivity contribution >= 4 is 55.5 Å². The predicted octanol–water partition coefficient (Wildman–Crippen LogP) is 7.41. The van der Waals surface area contributed by atoms with Crippen molar-refractivity contribution in [1.82, 2.24) is 15.0 Å². The molecule has 0 saturated heterocycles. The number of aromatic nitrogens is 3. The molecule has 1 aromatic heterocycles. The summed E-state index contributed by atoms with van der Waals surface area (Å²) in [5.74, 6) is 0.460. The molecular weight excluding hydrogens is 413 g/mol. The molecule has 30 heavy (non-hydrogen) atoms. The standard InChI is InChI=1S/C25H13Cl2N3/c26-24-28-23(29-25(27)30-24)18-8-4-14(5-9-18)19-12-10-17-7-6-15-2-1-3-16-11-13-20(19)22(17)21(15)16/h1-13H. The van der Waals surface area contributed by atoms with Gasteiger partial charge in [-0.25, -0.2) is 0 Å². The zero-order valence-corrected chi connectivity index (χ0v) is 17.1. The molecule has 0 aliphatic carbocycles. The van der Waals surface area contributed by atoms with Gasteiger partial charge in [-0.05, 0) is 66.6 Å². The van der Waals surface area contributed by atoms with E-state index in [9.17, 15) is 0 Å². The lowest BCUT2D eigenvalue weighted by Crippen LogP contribution is -1.93. The van der Waals surface area contributed by atoms with Gasteiger partial charge in [0.05, 0.1) is 0 Å². The molecule has 6 aromatic rings. The second-order valence-corrected chi connectivity index (χ2v) is 7.92. The summed E-state index contributed by atoms with van der Waals surface area (Å²) >= 11 is 11.8. The highest BCUT2D eigenvalue weighted by Gasteiger charge is 2.12. The highest BCUT2D eigenvalue weighted by Crippen LogP contribution is 2.39. The van der Waals surface area contributed by atoms with Crippen LogP contribution in [0.1, 0.15) is 0 Å². The second kappa shape index (κ2) is 6.63. The average Bonchev–Trinajstić information content (AvgIpc) is 2.77. The lowest BCUT2D eigenvalue weighted by atomic mass is 9.90. The summed E-state index contributed by atoms with van der Waals surface area (Å²) in [5, 5.41) is 7.83. The van der Waals surface area contributed by atoms with Gasteiger partial charge in [-0.3, -0.25) is 0 Å². The van der Waals surface area contributed by atoms with Gasteiger partial charge in [0.2, 0.25) is 10.6 Å². The Morgan fingerprint density at radius 1 is 0.500 bits per heavy atom. The molecule has 142 valence electrons. The van der Waals surface area contributed by atoms with Crippen LogP contribution in [0.4, 0.5) is 0 Å². The normalized spacial score (nSPS) is 11.7. The van der Waals surface area contributed by atoms with E-state index in [0.29, 0.717) is 5.82 Å². The fourth-order valence-electron chi connectivity index (χ4n) is 4.24. The van der Waals surface area contributed by atoms with E-state index in [4.69, 9.17) is 23.2 Å². The smallest absolute Gasteiger partial charge is 0.198 e. The first-order valence-corrected chi connectivity index (χ1v) is 10.3. The first kappa shape index (κ1) is 17.6. The van der Waals surface area contributed by atoms with Crippen LogP contribution in [0, 0.1) is 0 Å². The largest absolute Gasteiger partial charge is 0.227 e. The molecule has 0 aliphatic rings. The molecule has 0 aliphatic heterocycles. The number of nitrogens with zero attached hydrogens (tertiary/aromatic N) is 3. The van der Waals surface area contributed by atoms with E-state index in [1.165, 1.54) is 37.9 Å². The summed E-state index contributed by atoms with van der Waals surface area (Å²) in [4.78, 5) is 12.1. The summed E-state index contributed by atoms with van der Waals surface area (Å²) in [6.45, 7) is 0. The average molecular weight is 426 g/mol. The minimum absolute atomic E-state index is 0.0841. The molecule has 5 aromatic carbocycles. The van der Waals surface area contributed by atoms with Crippen LogP contribution in [-0.4, -0.2) is 15.0 Å². The van der Waals surface area contributed by atoms with Crippen LogP contribution < -0.4 is 0 Å². The fourth-order valence-corrected chi connectivity index (χ4v) is 4.60. The number of rotatable bonds is 2. The van der Waals surface area contributed by atoms with Crippen molar-refractivity contribution in [3.8, 4) is 22.5 Å². The van der Waals surface area contributed by atoms with Gasteiger partial charge in [-0.15, -0.1) is 0 Å². The Morgan fingerprint density at radius 3 is 1.77 bits per heavy atom. The third-order valence-electron chi connectivity index (χ3n) is 5.56. The van der Waals surface area contributed by atoms with Crippen molar-refractivity contribution < 1.29 is 0 Å². The van der Waals surface area contributed by atoms with Crippen molar-refractivity contribution in [2.24, 2.45) is 0 Å². The highest BCUT2D eigenvalue weighted by atomic mass is 35.5. The first-order chi connectivity index (χ1) is 14.7. The van der Waals surface area contributed by atoms with Crippen LogP contribution in [0.15, 0.2) is 78.9 Å². The Morgan fingerprint density at radius 2 is 1.07 bits per heavy atom. The number of benzene rings is 5. The molecule has 0 saturated carbocycles. The topological polar surface area (TPSA) is 38.7 Å². The van der Waals surface area contributed by atoms with Crippen molar-refractivity contribution in [3.63, 3.8) is 0 Å². The number of hydrogen-bond acceptors (Lipinski definition) is 3. The minimum atomic E-state index is 0.0841. The van der Waals surface area contributed by atoms with Gasteiger partial charge in [0.1, 0.15) is 0 Å². The van der Waals surface area contributed by atoms with Gasteiger partial charge in [0.15, 0.2) is 5.82 Å². The summed E-state index contributed by atoms with van der Waals surface area (Å²) in [5.41, 5.74) is 3.16. The molecule has 6 rings (SSSR count). The Kier molecular flexibility index (Phi) is 3.88. The lowest BCUT2D eigenvalue weighted by Gasteiger charge is -2.14. The molecule has 0 radical (unpaired) electrons. The maximum Gasteiger partial charge on any atom is 0.227 e. The van der Waals surface area contributed by atoms with Gasteiger partial charge in [-0.2, -0.15) is 15.0 Å². The van der Waals surface area contributed by atoms with Crippen LogP contribution >= 0.6 is 23.2 Å². The molecule has 0 fully saturated rings. The molecule has 0 unspecified atom stereocenters. The van der Waals surface area contributed by atoms with Gasteiger partial charge >= 0.3 is 0 Å². The van der Waals surface area contributed by atoms with E-state index >= 15 is 0 Å². The second-order valence-electron chi connectivity index (χ2n) is 7.24. The van der Waals surface area contributed by atoms with E-state index < -0.39 is 0 Å². The maximum atomic E-state index is 5.92.